The summed E-state index contributed by atoms with van der Waals surface area (Å²) in [6.07, 6.45) is 2.11. The first-order chi connectivity index (χ1) is 11.8. The number of nitrogens with zero attached hydrogens (tertiary/aromatic N) is 2. The predicted octanol–water partition coefficient (Wildman–Crippen LogP) is 3.38. The molecule has 0 atom stereocenters. The first kappa shape index (κ1) is 13.3. The fraction of sp³-hybridized carbons (Fsp3) is 0.0476. The van der Waals surface area contributed by atoms with E-state index in [1.807, 2.05) is 34.7 Å². The van der Waals surface area contributed by atoms with Crippen molar-refractivity contribution in [1.82, 2.24) is 4.40 Å². The van der Waals surface area contributed by atoms with Crippen LogP contribution in [-0.2, 0) is 6.54 Å². The normalized spacial score (nSPS) is 11.7. The summed E-state index contributed by atoms with van der Waals surface area (Å²) in [5, 5.41) is 2.25. The number of para-hydroxylation sites is 1. The van der Waals surface area contributed by atoms with Gasteiger partial charge < -0.3 is 0 Å². The lowest BCUT2D eigenvalue weighted by Gasteiger charge is -2.03. The smallest absolute Gasteiger partial charge is 0.256 e. The Morgan fingerprint density at radius 2 is 1.58 bits per heavy atom. The standard InChI is InChI=1S/C21H15N2O/c24-20-11-10-19-21-17(16-8-4-5-9-18(16)23(20)21)12-13-22(19)14-15-6-2-1-3-7-15/h1-13H,14H2/q+1. The highest BCUT2D eigenvalue weighted by Gasteiger charge is 2.19. The molecule has 3 nitrogen and oxygen atoms in total. The van der Waals surface area contributed by atoms with Gasteiger partial charge in [0.05, 0.1) is 5.52 Å². The summed E-state index contributed by atoms with van der Waals surface area (Å²) in [7, 11) is 0. The van der Waals surface area contributed by atoms with Crippen LogP contribution in [0, 0.1) is 0 Å². The molecule has 5 aromatic rings. The number of rotatable bonds is 2. The Morgan fingerprint density at radius 1 is 0.792 bits per heavy atom. The molecule has 0 saturated carbocycles. The quantitative estimate of drug-likeness (QED) is 0.459. The minimum absolute atomic E-state index is 0.0196. The molecule has 0 spiro atoms. The second kappa shape index (κ2) is 4.90. The SMILES string of the molecule is O=c1ccc2c3c(cc[n+]2Cc2ccccc2)c2ccccc2n13. The van der Waals surface area contributed by atoms with Crippen LogP contribution in [0.5, 0.6) is 0 Å². The fourth-order valence-corrected chi connectivity index (χ4v) is 3.61. The van der Waals surface area contributed by atoms with Crippen molar-refractivity contribution >= 4 is 27.3 Å². The Hall–Kier alpha value is -3.20. The molecule has 24 heavy (non-hydrogen) atoms. The third-order valence-electron chi connectivity index (χ3n) is 4.69. The van der Waals surface area contributed by atoms with Gasteiger partial charge in [0.15, 0.2) is 12.7 Å². The van der Waals surface area contributed by atoms with Gasteiger partial charge >= 0.3 is 0 Å². The highest BCUT2D eigenvalue weighted by Crippen LogP contribution is 2.28. The van der Waals surface area contributed by atoms with Crippen LogP contribution in [0.15, 0.2) is 83.8 Å². The van der Waals surface area contributed by atoms with Gasteiger partial charge in [-0.1, -0.05) is 48.5 Å². The summed E-state index contributed by atoms with van der Waals surface area (Å²) in [6, 6.07) is 24.2. The maximum atomic E-state index is 12.5. The van der Waals surface area contributed by atoms with E-state index in [2.05, 4.69) is 47.2 Å². The largest absolute Gasteiger partial charge is 0.270 e. The lowest BCUT2D eigenvalue weighted by Crippen LogP contribution is -2.35. The summed E-state index contributed by atoms with van der Waals surface area (Å²) >= 11 is 0. The van der Waals surface area contributed by atoms with Gasteiger partial charge in [-0.15, -0.1) is 0 Å². The van der Waals surface area contributed by atoms with E-state index in [1.54, 1.807) is 6.07 Å². The Labute approximate surface area is 138 Å². The van der Waals surface area contributed by atoms with Crippen molar-refractivity contribution in [3.05, 3.63) is 94.9 Å². The molecule has 0 radical (unpaired) electrons. The molecule has 3 aromatic heterocycles. The second-order valence-corrected chi connectivity index (χ2v) is 6.10. The Morgan fingerprint density at radius 3 is 2.46 bits per heavy atom. The van der Waals surface area contributed by atoms with Crippen LogP contribution in [0.3, 0.4) is 0 Å². The lowest BCUT2D eigenvalue weighted by atomic mass is 10.1. The minimum Gasteiger partial charge on any atom is -0.270 e. The Balaban J connectivity index is 1.88. The Kier molecular flexibility index (Phi) is 2.71. The van der Waals surface area contributed by atoms with Crippen LogP contribution in [-0.4, -0.2) is 4.40 Å². The molecule has 0 bridgehead atoms. The molecule has 5 rings (SSSR count). The highest BCUT2D eigenvalue weighted by molar-refractivity contribution is 6.11. The van der Waals surface area contributed by atoms with E-state index in [0.29, 0.717) is 0 Å². The average Bonchev–Trinajstić information content (AvgIpc) is 2.96. The van der Waals surface area contributed by atoms with Gasteiger partial charge in [0, 0.05) is 34.5 Å². The van der Waals surface area contributed by atoms with Crippen molar-refractivity contribution in [2.75, 3.05) is 0 Å². The van der Waals surface area contributed by atoms with Crippen LogP contribution in [0.1, 0.15) is 5.56 Å². The van der Waals surface area contributed by atoms with Crippen molar-refractivity contribution in [2.45, 2.75) is 6.54 Å². The first-order valence-corrected chi connectivity index (χ1v) is 8.05. The van der Waals surface area contributed by atoms with E-state index in [-0.39, 0.29) is 5.56 Å². The molecule has 0 saturated heterocycles. The van der Waals surface area contributed by atoms with Gasteiger partial charge in [-0.2, -0.15) is 4.57 Å². The van der Waals surface area contributed by atoms with Crippen LogP contribution in [0.2, 0.25) is 0 Å². The Bertz CT molecular complexity index is 1240. The van der Waals surface area contributed by atoms with E-state index in [1.165, 1.54) is 5.56 Å². The van der Waals surface area contributed by atoms with Crippen LogP contribution in [0.4, 0.5) is 0 Å². The average molecular weight is 311 g/mol. The number of benzene rings is 2. The van der Waals surface area contributed by atoms with Crippen molar-refractivity contribution in [3.63, 3.8) is 0 Å². The van der Waals surface area contributed by atoms with Crippen LogP contribution < -0.4 is 10.1 Å². The molecule has 0 aliphatic carbocycles. The summed E-state index contributed by atoms with van der Waals surface area (Å²) in [5.41, 5.74) is 4.31. The summed E-state index contributed by atoms with van der Waals surface area (Å²) in [5.74, 6) is 0. The zero-order valence-electron chi connectivity index (χ0n) is 13.0. The number of aromatic nitrogens is 2. The van der Waals surface area contributed by atoms with Gasteiger partial charge in [0.25, 0.3) is 5.56 Å². The van der Waals surface area contributed by atoms with Gasteiger partial charge in [-0.3, -0.25) is 9.20 Å². The van der Waals surface area contributed by atoms with Gasteiger partial charge in [0.2, 0.25) is 5.52 Å². The number of hydrogen-bond acceptors (Lipinski definition) is 1. The van der Waals surface area contributed by atoms with Crippen molar-refractivity contribution < 1.29 is 4.57 Å². The maximum absolute atomic E-state index is 12.5. The summed E-state index contributed by atoms with van der Waals surface area (Å²) < 4.78 is 4.04. The van der Waals surface area contributed by atoms with Crippen LogP contribution >= 0.6 is 0 Å². The van der Waals surface area contributed by atoms with E-state index >= 15 is 0 Å². The molecule has 3 heterocycles. The monoisotopic (exact) mass is 311 g/mol. The first-order valence-electron chi connectivity index (χ1n) is 8.05. The van der Waals surface area contributed by atoms with E-state index in [0.717, 1.165) is 33.9 Å². The number of pyridine rings is 2. The van der Waals surface area contributed by atoms with Gasteiger partial charge in [-0.05, 0) is 6.07 Å². The molecule has 0 amide bonds. The predicted molar refractivity (Wildman–Crippen MR) is 95.6 cm³/mol. The fourth-order valence-electron chi connectivity index (χ4n) is 3.61. The molecule has 0 fully saturated rings. The van der Waals surface area contributed by atoms with Crippen molar-refractivity contribution in [1.29, 1.82) is 0 Å². The third kappa shape index (κ3) is 1.78. The van der Waals surface area contributed by atoms with E-state index in [9.17, 15) is 4.79 Å². The van der Waals surface area contributed by atoms with E-state index in [4.69, 9.17) is 0 Å². The molecular formula is C21H15N2O+. The summed E-state index contributed by atoms with van der Waals surface area (Å²) in [4.78, 5) is 12.5. The second-order valence-electron chi connectivity index (χ2n) is 6.10. The zero-order chi connectivity index (χ0) is 16.1. The molecule has 2 aromatic carbocycles. The molecule has 3 heteroatoms. The molecule has 0 aliphatic rings. The van der Waals surface area contributed by atoms with Crippen LogP contribution in [0.25, 0.3) is 27.3 Å². The molecule has 0 unspecified atom stereocenters. The zero-order valence-corrected chi connectivity index (χ0v) is 13.0. The molecule has 0 aliphatic heterocycles. The van der Waals surface area contributed by atoms with Gasteiger partial charge in [-0.25, -0.2) is 0 Å². The molecular weight excluding hydrogens is 296 g/mol. The van der Waals surface area contributed by atoms with E-state index < -0.39 is 0 Å². The van der Waals surface area contributed by atoms with Gasteiger partial charge in [0.1, 0.15) is 5.52 Å². The topological polar surface area (TPSA) is 25.4 Å². The maximum Gasteiger partial charge on any atom is 0.256 e. The highest BCUT2D eigenvalue weighted by atomic mass is 16.1. The minimum atomic E-state index is 0.0196. The van der Waals surface area contributed by atoms with Crippen molar-refractivity contribution in [3.8, 4) is 0 Å². The van der Waals surface area contributed by atoms with Crippen molar-refractivity contribution in [2.24, 2.45) is 0 Å². The lowest BCUT2D eigenvalue weighted by molar-refractivity contribution is -0.662. The molecule has 114 valence electrons. The number of fused-ring (bicyclic) bond motifs is 3. The summed E-state index contributed by atoms with van der Waals surface area (Å²) in [6.45, 7) is 0.784. The number of hydrogen-bond donors (Lipinski definition) is 0. The molecule has 0 N–H and O–H groups in total. The third-order valence-corrected chi connectivity index (χ3v) is 4.69.